The van der Waals surface area contributed by atoms with E-state index in [1.807, 2.05) is 0 Å². The second-order valence-electron chi connectivity index (χ2n) is 4.61. The van der Waals surface area contributed by atoms with E-state index in [1.54, 1.807) is 35.6 Å². The van der Waals surface area contributed by atoms with E-state index in [0.29, 0.717) is 11.3 Å². The molecule has 3 rings (SSSR count). The predicted octanol–water partition coefficient (Wildman–Crippen LogP) is 2.85. The van der Waals surface area contributed by atoms with E-state index >= 15 is 0 Å². The van der Waals surface area contributed by atoms with Crippen molar-refractivity contribution in [1.82, 2.24) is 14.5 Å². The first-order valence-corrected chi connectivity index (χ1v) is 6.29. The van der Waals surface area contributed by atoms with Gasteiger partial charge in [0.2, 0.25) is 0 Å². The van der Waals surface area contributed by atoms with Gasteiger partial charge in [-0.15, -0.1) is 0 Å². The molecule has 2 aromatic heterocycles. The first kappa shape index (κ1) is 13.2. The van der Waals surface area contributed by atoms with Gasteiger partial charge in [0.15, 0.2) is 0 Å². The highest BCUT2D eigenvalue weighted by molar-refractivity contribution is 5.72. The number of imidazole rings is 1. The fourth-order valence-electron chi connectivity index (χ4n) is 2.12. The number of nitrogens with two attached hydrogens (primary N) is 1. The molecule has 106 valence electrons. The number of halogens is 2. The topological polar surface area (TPSA) is 56.7 Å². The van der Waals surface area contributed by atoms with Crippen LogP contribution in [0.1, 0.15) is 5.56 Å². The molecule has 0 aliphatic heterocycles. The number of pyridine rings is 1. The molecule has 0 radical (unpaired) electrons. The SMILES string of the molecule is Nc1ccncc1-c1cncn1Cc1ccc(F)cc1F. The maximum Gasteiger partial charge on any atom is 0.131 e. The quantitative estimate of drug-likeness (QED) is 0.805. The molecule has 1 aromatic carbocycles. The number of rotatable bonds is 3. The molecule has 21 heavy (non-hydrogen) atoms. The molecule has 0 saturated carbocycles. The Bertz CT molecular complexity index is 783. The van der Waals surface area contributed by atoms with Crippen molar-refractivity contribution in [1.29, 1.82) is 0 Å². The lowest BCUT2D eigenvalue weighted by molar-refractivity contribution is 0.566. The Morgan fingerprint density at radius 2 is 1.95 bits per heavy atom. The molecule has 6 heteroatoms. The van der Waals surface area contributed by atoms with E-state index < -0.39 is 11.6 Å². The lowest BCUT2D eigenvalue weighted by Crippen LogP contribution is -2.04. The van der Waals surface area contributed by atoms with Crippen molar-refractivity contribution in [2.45, 2.75) is 6.54 Å². The summed E-state index contributed by atoms with van der Waals surface area (Å²) >= 11 is 0. The van der Waals surface area contributed by atoms with Crippen LogP contribution in [0.5, 0.6) is 0 Å². The summed E-state index contributed by atoms with van der Waals surface area (Å²) in [6.45, 7) is 0.232. The fourth-order valence-corrected chi connectivity index (χ4v) is 2.12. The Morgan fingerprint density at radius 3 is 2.71 bits per heavy atom. The molecule has 0 aliphatic carbocycles. The smallest absolute Gasteiger partial charge is 0.131 e. The highest BCUT2D eigenvalue weighted by atomic mass is 19.1. The minimum atomic E-state index is -0.599. The van der Waals surface area contributed by atoms with E-state index in [0.717, 1.165) is 17.3 Å². The molecule has 0 amide bonds. The summed E-state index contributed by atoms with van der Waals surface area (Å²) in [7, 11) is 0. The van der Waals surface area contributed by atoms with Gasteiger partial charge in [-0.1, -0.05) is 6.07 Å². The second-order valence-corrected chi connectivity index (χ2v) is 4.61. The molecule has 2 heterocycles. The van der Waals surface area contributed by atoms with Gasteiger partial charge in [-0.25, -0.2) is 13.8 Å². The third-order valence-electron chi connectivity index (χ3n) is 3.20. The molecule has 4 nitrogen and oxygen atoms in total. The molecule has 0 fully saturated rings. The van der Waals surface area contributed by atoms with Crippen molar-refractivity contribution in [2.24, 2.45) is 0 Å². The summed E-state index contributed by atoms with van der Waals surface area (Å²) in [6, 6.07) is 5.20. The summed E-state index contributed by atoms with van der Waals surface area (Å²) in [6.07, 6.45) is 6.43. The van der Waals surface area contributed by atoms with Crippen LogP contribution in [-0.2, 0) is 6.54 Å². The van der Waals surface area contributed by atoms with Gasteiger partial charge in [0.25, 0.3) is 0 Å². The molecule has 0 saturated heterocycles. The maximum absolute atomic E-state index is 13.7. The first-order chi connectivity index (χ1) is 10.1. The number of hydrogen-bond acceptors (Lipinski definition) is 3. The van der Waals surface area contributed by atoms with Gasteiger partial charge < -0.3 is 10.3 Å². The molecule has 0 unspecified atom stereocenters. The van der Waals surface area contributed by atoms with Crippen molar-refractivity contribution >= 4 is 5.69 Å². The Kier molecular flexibility index (Phi) is 3.35. The molecule has 2 N–H and O–H groups in total. The van der Waals surface area contributed by atoms with Crippen LogP contribution in [0.15, 0.2) is 49.2 Å². The fraction of sp³-hybridized carbons (Fsp3) is 0.0667. The van der Waals surface area contributed by atoms with E-state index in [9.17, 15) is 8.78 Å². The highest BCUT2D eigenvalue weighted by Crippen LogP contribution is 2.25. The van der Waals surface area contributed by atoms with Gasteiger partial charge >= 0.3 is 0 Å². The van der Waals surface area contributed by atoms with Gasteiger partial charge in [0.05, 0.1) is 24.8 Å². The number of aromatic nitrogens is 3. The lowest BCUT2D eigenvalue weighted by atomic mass is 10.1. The van der Waals surface area contributed by atoms with Crippen LogP contribution in [0, 0.1) is 11.6 Å². The van der Waals surface area contributed by atoms with Crippen LogP contribution in [0.3, 0.4) is 0 Å². The monoisotopic (exact) mass is 286 g/mol. The summed E-state index contributed by atoms with van der Waals surface area (Å²) in [5, 5.41) is 0. The van der Waals surface area contributed by atoms with Crippen molar-refractivity contribution in [3.05, 3.63) is 66.4 Å². The minimum Gasteiger partial charge on any atom is -0.398 e. The summed E-state index contributed by atoms with van der Waals surface area (Å²) in [5.74, 6) is -1.19. The minimum absolute atomic E-state index is 0.232. The van der Waals surface area contributed by atoms with Crippen LogP contribution in [0.4, 0.5) is 14.5 Å². The lowest BCUT2D eigenvalue weighted by Gasteiger charge is -2.10. The number of hydrogen-bond donors (Lipinski definition) is 1. The average Bonchev–Trinajstić information content (AvgIpc) is 2.90. The van der Waals surface area contributed by atoms with Crippen molar-refractivity contribution in [3.8, 4) is 11.3 Å². The number of nitrogen functional groups attached to an aromatic ring is 1. The first-order valence-electron chi connectivity index (χ1n) is 6.29. The van der Waals surface area contributed by atoms with E-state index in [1.165, 1.54) is 12.1 Å². The molecule has 0 bridgehead atoms. The molecule has 0 atom stereocenters. The standard InChI is InChI=1S/C15H12F2N4/c16-11-2-1-10(13(17)5-11)8-21-9-20-7-15(21)12-6-19-4-3-14(12)18/h1-7,9H,8H2,(H2,18,19). The zero-order valence-electron chi connectivity index (χ0n) is 11.0. The third-order valence-corrected chi connectivity index (χ3v) is 3.20. The van der Waals surface area contributed by atoms with Gasteiger partial charge in [-0.05, 0) is 12.1 Å². The highest BCUT2D eigenvalue weighted by Gasteiger charge is 2.11. The zero-order chi connectivity index (χ0) is 14.8. The Morgan fingerprint density at radius 1 is 1.10 bits per heavy atom. The molecule has 0 spiro atoms. The van der Waals surface area contributed by atoms with E-state index in [2.05, 4.69) is 9.97 Å². The zero-order valence-corrected chi connectivity index (χ0v) is 11.0. The molecular formula is C15H12F2N4. The normalized spacial score (nSPS) is 10.8. The summed E-state index contributed by atoms with van der Waals surface area (Å²) in [5.41, 5.74) is 8.30. The predicted molar refractivity (Wildman–Crippen MR) is 75.3 cm³/mol. The Hall–Kier alpha value is -2.76. The molecule has 0 aliphatic rings. The largest absolute Gasteiger partial charge is 0.398 e. The van der Waals surface area contributed by atoms with Gasteiger partial charge in [-0.3, -0.25) is 4.98 Å². The summed E-state index contributed by atoms with van der Waals surface area (Å²) < 4.78 is 28.4. The maximum atomic E-state index is 13.7. The summed E-state index contributed by atoms with van der Waals surface area (Å²) in [4.78, 5) is 8.10. The van der Waals surface area contributed by atoms with Crippen molar-refractivity contribution in [2.75, 3.05) is 5.73 Å². The van der Waals surface area contributed by atoms with Crippen LogP contribution >= 0.6 is 0 Å². The number of anilines is 1. The van der Waals surface area contributed by atoms with Gasteiger partial charge in [0, 0.05) is 35.3 Å². The third kappa shape index (κ3) is 2.60. The van der Waals surface area contributed by atoms with Crippen molar-refractivity contribution < 1.29 is 8.78 Å². The van der Waals surface area contributed by atoms with Crippen LogP contribution in [0.2, 0.25) is 0 Å². The van der Waals surface area contributed by atoms with Gasteiger partial charge in [-0.2, -0.15) is 0 Å². The second kappa shape index (κ2) is 5.32. The van der Waals surface area contributed by atoms with Crippen LogP contribution in [-0.4, -0.2) is 14.5 Å². The van der Waals surface area contributed by atoms with Gasteiger partial charge in [0.1, 0.15) is 11.6 Å². The molecule has 3 aromatic rings. The average molecular weight is 286 g/mol. The molecular weight excluding hydrogens is 274 g/mol. The van der Waals surface area contributed by atoms with E-state index in [4.69, 9.17) is 5.73 Å². The van der Waals surface area contributed by atoms with E-state index in [-0.39, 0.29) is 6.54 Å². The Labute approximate surface area is 119 Å². The van der Waals surface area contributed by atoms with Crippen LogP contribution in [0.25, 0.3) is 11.3 Å². The van der Waals surface area contributed by atoms with Crippen LogP contribution < -0.4 is 5.73 Å². The number of nitrogens with zero attached hydrogens (tertiary/aromatic N) is 3. The number of benzene rings is 1. The Balaban J connectivity index is 1.98. The van der Waals surface area contributed by atoms with Crippen molar-refractivity contribution in [3.63, 3.8) is 0 Å².